The van der Waals surface area contributed by atoms with Crippen molar-refractivity contribution < 1.29 is 19.5 Å². The minimum Gasteiger partial charge on any atom is -0.384 e. The van der Waals surface area contributed by atoms with Crippen LogP contribution >= 0.6 is 91.0 Å². The van der Waals surface area contributed by atoms with Gasteiger partial charge in [0.2, 0.25) is 0 Å². The molecule has 1 unspecified atom stereocenters. The highest BCUT2D eigenvalue weighted by atomic mass is 127. The number of nitrogens with one attached hydrogen (secondary N) is 1. The predicted molar refractivity (Wildman–Crippen MR) is 105 cm³/mol. The Morgan fingerprint density at radius 2 is 1.38 bits per heavy atom. The number of benzene rings is 1. The number of rotatable bonds is 4. The van der Waals surface area contributed by atoms with Gasteiger partial charge in [0.05, 0.1) is 24.0 Å². The van der Waals surface area contributed by atoms with Crippen molar-refractivity contribution in [3.8, 4) is 0 Å². The number of amides is 1. The van der Waals surface area contributed by atoms with Crippen molar-refractivity contribution in [1.82, 2.24) is 0 Å². The fourth-order valence-corrected chi connectivity index (χ4v) is 6.78. The third-order valence-corrected chi connectivity index (χ3v) is 5.95. The Bertz CT molecular complexity index is 608. The molecule has 0 bridgehead atoms. The molecule has 0 fully saturated rings. The average Bonchev–Trinajstić information content (AvgIpc) is 2.32. The molecule has 1 aromatic carbocycles. The molecule has 0 radical (unpaired) electrons. The van der Waals surface area contributed by atoms with Gasteiger partial charge < -0.3 is 10.4 Å². The quantitative estimate of drug-likeness (QED) is 0.380. The molecule has 0 heterocycles. The van der Waals surface area contributed by atoms with Crippen LogP contribution in [0.2, 0.25) is 0 Å². The van der Waals surface area contributed by atoms with Gasteiger partial charge in [-0.05, 0) is 97.9 Å². The summed E-state index contributed by atoms with van der Waals surface area (Å²) < 4.78 is 1.06. The molecule has 1 amide bonds. The van der Waals surface area contributed by atoms with Crippen LogP contribution in [0, 0.1) is 10.7 Å². The summed E-state index contributed by atoms with van der Waals surface area (Å²) in [5, 5.41) is 10.2. The minimum absolute atomic E-state index is 0.0863. The van der Waals surface area contributed by atoms with Gasteiger partial charge in [0.1, 0.15) is 6.10 Å². The first-order valence-electron chi connectivity index (χ1n) is 5.18. The van der Waals surface area contributed by atoms with Crippen molar-refractivity contribution in [1.29, 1.82) is 0 Å². The minimum atomic E-state index is -1.25. The van der Waals surface area contributed by atoms with Gasteiger partial charge in [-0.2, -0.15) is 0 Å². The smallest absolute Gasteiger partial charge is 0.254 e. The van der Waals surface area contributed by atoms with Gasteiger partial charge in [-0.15, -0.1) is 0 Å². The highest BCUT2D eigenvalue weighted by Gasteiger charge is 2.27. The molecule has 2 N–H and O–H groups in total. The number of halogens is 5. The molecule has 0 aliphatic carbocycles. The maximum Gasteiger partial charge on any atom is 0.254 e. The first kappa shape index (κ1) is 19.8. The van der Waals surface area contributed by atoms with Gasteiger partial charge in [0.25, 0.3) is 16.4 Å². The zero-order chi connectivity index (χ0) is 16.5. The van der Waals surface area contributed by atoms with Crippen molar-refractivity contribution in [2.45, 2.75) is 13.0 Å². The largest absolute Gasteiger partial charge is 0.384 e. The fourth-order valence-electron chi connectivity index (χ4n) is 1.35. The third kappa shape index (κ3) is 4.40. The van der Waals surface area contributed by atoms with Gasteiger partial charge >= 0.3 is 0 Å². The molecule has 0 aliphatic heterocycles. The maximum absolute atomic E-state index is 11.7. The SMILES string of the molecule is CC(O)C(=O)Nc1c(I)c(C(=O)Cl)c(I)c(C(=O)Cl)c1I. The second kappa shape index (κ2) is 8.04. The lowest BCUT2D eigenvalue weighted by atomic mass is 10.1. The van der Waals surface area contributed by atoms with Crippen LogP contribution in [-0.2, 0) is 4.79 Å². The number of anilines is 1. The number of carbonyl (C=O) groups is 3. The van der Waals surface area contributed by atoms with Crippen LogP contribution in [0.1, 0.15) is 27.6 Å². The van der Waals surface area contributed by atoms with E-state index in [1.807, 2.05) is 45.2 Å². The molecule has 1 atom stereocenters. The van der Waals surface area contributed by atoms with Crippen molar-refractivity contribution in [3.63, 3.8) is 0 Å². The molecule has 0 aromatic heterocycles. The van der Waals surface area contributed by atoms with Crippen LogP contribution in [0.25, 0.3) is 0 Å². The Labute approximate surface area is 170 Å². The van der Waals surface area contributed by atoms with Gasteiger partial charge in [0.15, 0.2) is 0 Å². The first-order chi connectivity index (χ1) is 9.59. The van der Waals surface area contributed by atoms with E-state index in [0.717, 1.165) is 0 Å². The Hall–Kier alpha value is 0.760. The molecular weight excluding hydrogens is 662 g/mol. The van der Waals surface area contributed by atoms with Gasteiger partial charge in [-0.25, -0.2) is 0 Å². The number of aliphatic hydroxyl groups is 1. The molecule has 0 saturated heterocycles. The summed E-state index contributed by atoms with van der Waals surface area (Å²) in [5.74, 6) is -0.673. The maximum atomic E-state index is 11.7. The van der Waals surface area contributed by atoms with E-state index in [-0.39, 0.29) is 16.8 Å². The summed E-state index contributed by atoms with van der Waals surface area (Å²) in [6.45, 7) is 1.29. The monoisotopic (exact) mass is 667 g/mol. The van der Waals surface area contributed by atoms with Crippen LogP contribution in [0.4, 0.5) is 5.69 Å². The molecule has 114 valence electrons. The Balaban J connectivity index is 3.67. The molecule has 5 nitrogen and oxygen atoms in total. The fraction of sp³-hybridized carbons (Fsp3) is 0.182. The zero-order valence-corrected chi connectivity index (χ0v) is 18.1. The van der Waals surface area contributed by atoms with E-state index >= 15 is 0 Å². The molecule has 0 saturated carbocycles. The Morgan fingerprint density at radius 3 is 1.67 bits per heavy atom. The summed E-state index contributed by atoms with van der Waals surface area (Å²) >= 11 is 16.6. The molecule has 0 spiro atoms. The standard InChI is InChI=1S/C11H6Cl2I3NO4/c1-2(18)11(21)17-8-6(15)3(9(12)19)5(14)4(7(8)16)10(13)20/h2,18H,1H3,(H,17,21). The lowest BCUT2D eigenvalue weighted by molar-refractivity contribution is -0.123. The van der Waals surface area contributed by atoms with E-state index in [1.165, 1.54) is 6.92 Å². The van der Waals surface area contributed by atoms with Crippen LogP contribution < -0.4 is 5.32 Å². The van der Waals surface area contributed by atoms with Crippen LogP contribution in [0.5, 0.6) is 0 Å². The van der Waals surface area contributed by atoms with Crippen molar-refractivity contribution >= 4 is 113 Å². The summed E-state index contributed by atoms with van der Waals surface area (Å²) in [4.78, 5) is 34.8. The molecule has 1 aromatic rings. The topological polar surface area (TPSA) is 83.5 Å². The lowest BCUT2D eigenvalue weighted by Crippen LogP contribution is -2.26. The first-order valence-corrected chi connectivity index (χ1v) is 9.17. The second-order valence-corrected chi connectivity index (χ2v) is 7.70. The molecular formula is C11H6Cl2I3NO4. The number of hydrogen-bond donors (Lipinski definition) is 2. The summed E-state index contributed by atoms with van der Waals surface area (Å²) in [6.07, 6.45) is -1.25. The second-order valence-electron chi connectivity index (χ2n) is 3.78. The molecule has 1 rings (SSSR count). The lowest BCUT2D eigenvalue weighted by Gasteiger charge is -2.17. The van der Waals surface area contributed by atoms with Crippen molar-refractivity contribution in [2.75, 3.05) is 5.32 Å². The van der Waals surface area contributed by atoms with E-state index in [9.17, 15) is 19.5 Å². The highest BCUT2D eigenvalue weighted by Crippen LogP contribution is 2.37. The van der Waals surface area contributed by atoms with E-state index in [0.29, 0.717) is 10.7 Å². The van der Waals surface area contributed by atoms with Crippen molar-refractivity contribution in [2.24, 2.45) is 0 Å². The van der Waals surface area contributed by atoms with Crippen LogP contribution in [-0.4, -0.2) is 27.6 Å². The normalized spacial score (nSPS) is 12.0. The number of carbonyl (C=O) groups excluding carboxylic acids is 3. The van der Waals surface area contributed by atoms with Crippen molar-refractivity contribution in [3.05, 3.63) is 21.8 Å². The average molecular weight is 668 g/mol. The zero-order valence-electron chi connectivity index (χ0n) is 10.1. The number of aliphatic hydroxyl groups excluding tert-OH is 1. The Kier molecular flexibility index (Phi) is 7.58. The molecule has 21 heavy (non-hydrogen) atoms. The number of hydrogen-bond acceptors (Lipinski definition) is 4. The van der Waals surface area contributed by atoms with Crippen LogP contribution in [0.3, 0.4) is 0 Å². The molecule has 10 heteroatoms. The van der Waals surface area contributed by atoms with Gasteiger partial charge in [-0.1, -0.05) is 0 Å². The Morgan fingerprint density at radius 1 is 1.00 bits per heavy atom. The summed E-state index contributed by atoms with van der Waals surface area (Å²) in [5.41, 5.74) is 0.391. The third-order valence-electron chi connectivity index (χ3n) is 2.34. The predicted octanol–water partition coefficient (Wildman–Crippen LogP) is 3.58. The molecule has 0 aliphatic rings. The van der Waals surface area contributed by atoms with Crippen LogP contribution in [0.15, 0.2) is 0 Å². The van der Waals surface area contributed by atoms with E-state index < -0.39 is 22.5 Å². The van der Waals surface area contributed by atoms with E-state index in [2.05, 4.69) is 5.32 Å². The van der Waals surface area contributed by atoms with Gasteiger partial charge in [-0.3, -0.25) is 14.4 Å². The summed E-state index contributed by atoms with van der Waals surface area (Å²) in [6, 6.07) is 0. The van der Waals surface area contributed by atoms with Gasteiger partial charge in [0, 0.05) is 3.57 Å². The summed E-state index contributed by atoms with van der Waals surface area (Å²) in [7, 11) is 0. The van der Waals surface area contributed by atoms with E-state index in [4.69, 9.17) is 23.2 Å². The van der Waals surface area contributed by atoms with E-state index in [1.54, 1.807) is 22.6 Å². The highest BCUT2D eigenvalue weighted by molar-refractivity contribution is 14.1.